The summed E-state index contributed by atoms with van der Waals surface area (Å²) in [5.74, 6) is 0.962. The van der Waals surface area contributed by atoms with Crippen molar-refractivity contribution in [2.75, 3.05) is 0 Å². The zero-order valence-corrected chi connectivity index (χ0v) is 12.5. The highest BCUT2D eigenvalue weighted by molar-refractivity contribution is 9.10. The summed E-state index contributed by atoms with van der Waals surface area (Å²) in [6.45, 7) is 0.766. The quantitative estimate of drug-likeness (QED) is 0.859. The predicted molar refractivity (Wildman–Crippen MR) is 80.5 cm³/mol. The molecule has 0 radical (unpaired) electrons. The highest BCUT2D eigenvalue weighted by atomic mass is 79.9. The van der Waals surface area contributed by atoms with Gasteiger partial charge < -0.3 is 10.1 Å². The van der Waals surface area contributed by atoms with E-state index >= 15 is 0 Å². The zero-order valence-electron chi connectivity index (χ0n) is 10.9. The van der Waals surface area contributed by atoms with E-state index in [2.05, 4.69) is 21.2 Å². The fraction of sp³-hybridized carbons (Fsp3) is 0.250. The number of hydrogen-bond donors (Lipinski definition) is 1. The number of nitrogens with one attached hydrogen (secondary N) is 1. The molecule has 0 bridgehead atoms. The highest BCUT2D eigenvalue weighted by Gasteiger charge is 2.20. The topological polar surface area (TPSA) is 21.3 Å². The fourth-order valence-electron chi connectivity index (χ4n) is 1.97. The van der Waals surface area contributed by atoms with Gasteiger partial charge in [0.05, 0.1) is 0 Å². The Hall–Kier alpha value is -1.39. The summed E-state index contributed by atoms with van der Waals surface area (Å²) < 4.78 is 20.0. The number of rotatable bonds is 5. The summed E-state index contributed by atoms with van der Waals surface area (Å²) >= 11 is 3.44. The molecule has 0 aliphatic heterocycles. The third-order valence-electron chi connectivity index (χ3n) is 3.21. The molecule has 1 aliphatic rings. The van der Waals surface area contributed by atoms with Crippen LogP contribution in [0.15, 0.2) is 46.9 Å². The second kappa shape index (κ2) is 5.94. The van der Waals surface area contributed by atoms with Crippen molar-refractivity contribution < 1.29 is 9.13 Å². The third-order valence-corrected chi connectivity index (χ3v) is 3.70. The number of hydrogen-bond acceptors (Lipinski definition) is 2. The molecule has 2 aromatic carbocycles. The normalized spacial score (nSPS) is 14.3. The Bertz CT molecular complexity index is 613. The van der Waals surface area contributed by atoms with E-state index in [1.807, 2.05) is 18.2 Å². The molecule has 1 N–H and O–H groups in total. The van der Waals surface area contributed by atoms with Gasteiger partial charge in [-0.05, 0) is 37.1 Å². The largest absolute Gasteiger partial charge is 0.457 e. The van der Waals surface area contributed by atoms with Crippen molar-refractivity contribution in [1.82, 2.24) is 5.32 Å². The van der Waals surface area contributed by atoms with Crippen molar-refractivity contribution in [3.05, 3.63) is 58.3 Å². The van der Waals surface area contributed by atoms with E-state index in [0.29, 0.717) is 11.8 Å². The molecule has 2 nitrogen and oxygen atoms in total. The van der Waals surface area contributed by atoms with Crippen LogP contribution in [0.4, 0.5) is 4.39 Å². The van der Waals surface area contributed by atoms with Gasteiger partial charge in [-0.25, -0.2) is 4.39 Å². The first-order chi connectivity index (χ1) is 9.70. The van der Waals surface area contributed by atoms with Crippen molar-refractivity contribution in [3.63, 3.8) is 0 Å². The van der Waals surface area contributed by atoms with E-state index < -0.39 is 0 Å². The molecule has 20 heavy (non-hydrogen) atoms. The van der Waals surface area contributed by atoms with Crippen molar-refractivity contribution in [2.24, 2.45) is 0 Å². The van der Waals surface area contributed by atoms with Gasteiger partial charge in [0, 0.05) is 28.7 Å². The van der Waals surface area contributed by atoms with Crippen LogP contribution in [0.2, 0.25) is 0 Å². The van der Waals surface area contributed by atoms with Crippen LogP contribution in [0.5, 0.6) is 11.5 Å². The lowest BCUT2D eigenvalue weighted by Gasteiger charge is -2.12. The van der Waals surface area contributed by atoms with Crippen LogP contribution < -0.4 is 10.1 Å². The standard InChI is InChI=1S/C16H15BrFNO/c17-12-5-4-11(10-19-14-6-7-14)16(8-12)20-15-3-1-2-13(18)9-15/h1-5,8-9,14,19H,6-7,10H2. The maximum atomic E-state index is 13.2. The average Bonchev–Trinajstić information content (AvgIpc) is 3.22. The summed E-state index contributed by atoms with van der Waals surface area (Å²) in [6.07, 6.45) is 2.49. The van der Waals surface area contributed by atoms with Gasteiger partial charge in [-0.2, -0.15) is 0 Å². The van der Waals surface area contributed by atoms with Gasteiger partial charge in [-0.15, -0.1) is 0 Å². The molecule has 3 rings (SSSR count). The average molecular weight is 336 g/mol. The molecule has 2 aromatic rings. The Morgan fingerprint density at radius 2 is 2.05 bits per heavy atom. The van der Waals surface area contributed by atoms with Crippen LogP contribution in [0.25, 0.3) is 0 Å². The first-order valence-electron chi connectivity index (χ1n) is 6.66. The Labute approximate surface area is 126 Å². The van der Waals surface area contributed by atoms with E-state index in [1.165, 1.54) is 25.0 Å². The molecule has 0 unspecified atom stereocenters. The van der Waals surface area contributed by atoms with Crippen LogP contribution >= 0.6 is 15.9 Å². The molecule has 0 aromatic heterocycles. The number of benzene rings is 2. The minimum atomic E-state index is -0.296. The van der Waals surface area contributed by atoms with Crippen LogP contribution in [-0.4, -0.2) is 6.04 Å². The SMILES string of the molecule is Fc1cccc(Oc2cc(Br)ccc2CNC2CC2)c1. The van der Waals surface area contributed by atoms with Gasteiger partial charge >= 0.3 is 0 Å². The summed E-state index contributed by atoms with van der Waals surface area (Å²) in [6, 6.07) is 12.8. The maximum Gasteiger partial charge on any atom is 0.133 e. The molecule has 4 heteroatoms. The maximum absolute atomic E-state index is 13.2. The Morgan fingerprint density at radius 3 is 2.80 bits per heavy atom. The number of ether oxygens (including phenoxy) is 1. The minimum Gasteiger partial charge on any atom is -0.457 e. The Morgan fingerprint density at radius 1 is 1.20 bits per heavy atom. The van der Waals surface area contributed by atoms with Crippen molar-refractivity contribution in [1.29, 1.82) is 0 Å². The molecular weight excluding hydrogens is 321 g/mol. The first kappa shape index (κ1) is 13.6. The van der Waals surface area contributed by atoms with Gasteiger partial charge in [0.1, 0.15) is 17.3 Å². The van der Waals surface area contributed by atoms with E-state index in [0.717, 1.165) is 22.3 Å². The van der Waals surface area contributed by atoms with E-state index in [9.17, 15) is 4.39 Å². The molecule has 0 amide bonds. The number of halogens is 2. The lowest BCUT2D eigenvalue weighted by Crippen LogP contribution is -2.15. The van der Waals surface area contributed by atoms with Crippen LogP contribution in [-0.2, 0) is 6.54 Å². The van der Waals surface area contributed by atoms with Crippen molar-refractivity contribution in [3.8, 4) is 11.5 Å². The van der Waals surface area contributed by atoms with E-state index in [4.69, 9.17) is 4.74 Å². The molecule has 1 aliphatic carbocycles. The molecule has 0 atom stereocenters. The molecular formula is C16H15BrFNO. The van der Waals surface area contributed by atoms with Crippen LogP contribution in [0.3, 0.4) is 0 Å². The second-order valence-corrected chi connectivity index (χ2v) is 5.88. The van der Waals surface area contributed by atoms with Gasteiger partial charge in [0.25, 0.3) is 0 Å². The fourth-order valence-corrected chi connectivity index (χ4v) is 2.31. The summed E-state index contributed by atoms with van der Waals surface area (Å²) in [5.41, 5.74) is 1.07. The minimum absolute atomic E-state index is 0.296. The summed E-state index contributed by atoms with van der Waals surface area (Å²) in [7, 11) is 0. The Kier molecular flexibility index (Phi) is 4.03. The zero-order chi connectivity index (χ0) is 13.9. The molecule has 0 heterocycles. The van der Waals surface area contributed by atoms with E-state index in [-0.39, 0.29) is 5.82 Å². The van der Waals surface area contributed by atoms with Crippen LogP contribution in [0.1, 0.15) is 18.4 Å². The van der Waals surface area contributed by atoms with Crippen molar-refractivity contribution in [2.45, 2.75) is 25.4 Å². The van der Waals surface area contributed by atoms with Gasteiger partial charge in [-0.1, -0.05) is 28.1 Å². The molecule has 1 fully saturated rings. The first-order valence-corrected chi connectivity index (χ1v) is 7.45. The Balaban J connectivity index is 1.80. The van der Waals surface area contributed by atoms with Gasteiger partial charge in [0.2, 0.25) is 0 Å². The summed E-state index contributed by atoms with van der Waals surface area (Å²) in [4.78, 5) is 0. The smallest absolute Gasteiger partial charge is 0.133 e. The van der Waals surface area contributed by atoms with Crippen LogP contribution in [0, 0.1) is 5.82 Å². The molecule has 0 spiro atoms. The lowest BCUT2D eigenvalue weighted by molar-refractivity contribution is 0.467. The highest BCUT2D eigenvalue weighted by Crippen LogP contribution is 2.30. The van der Waals surface area contributed by atoms with Crippen molar-refractivity contribution >= 4 is 15.9 Å². The predicted octanol–water partition coefficient (Wildman–Crippen LogP) is 4.63. The van der Waals surface area contributed by atoms with E-state index in [1.54, 1.807) is 12.1 Å². The van der Waals surface area contributed by atoms with Gasteiger partial charge in [-0.3, -0.25) is 0 Å². The monoisotopic (exact) mass is 335 g/mol. The lowest BCUT2D eigenvalue weighted by atomic mass is 10.2. The second-order valence-electron chi connectivity index (χ2n) is 4.97. The third kappa shape index (κ3) is 3.58. The molecule has 1 saturated carbocycles. The van der Waals surface area contributed by atoms with Gasteiger partial charge in [0.15, 0.2) is 0 Å². The summed E-state index contributed by atoms with van der Waals surface area (Å²) in [5, 5.41) is 3.46. The molecule has 104 valence electrons. The molecule has 0 saturated heterocycles.